The molecule has 0 bridgehead atoms. The molecule has 0 aliphatic carbocycles. The first-order valence-corrected chi connectivity index (χ1v) is 10.3. The van der Waals surface area contributed by atoms with Crippen LogP contribution in [0.5, 0.6) is 5.75 Å². The smallest absolute Gasteiger partial charge is 0.343 e. The number of hydrogen-bond donors (Lipinski definition) is 4. The lowest BCUT2D eigenvalue weighted by Gasteiger charge is -2.33. The molecule has 2 aromatic carbocycles. The van der Waals surface area contributed by atoms with Gasteiger partial charge in [0.2, 0.25) is 11.8 Å². The highest BCUT2D eigenvalue weighted by atomic mass is 16.5. The number of amides is 2. The summed E-state index contributed by atoms with van der Waals surface area (Å²) in [6.45, 7) is 2.50. The van der Waals surface area contributed by atoms with Gasteiger partial charge in [-0.3, -0.25) is 19.9 Å². The molecule has 1 heterocycles. The fourth-order valence-electron chi connectivity index (χ4n) is 3.28. The van der Waals surface area contributed by atoms with Gasteiger partial charge in [-0.15, -0.1) is 0 Å². The Balaban J connectivity index is 1.50. The highest BCUT2D eigenvalue weighted by Crippen LogP contribution is 2.17. The highest BCUT2D eigenvalue weighted by molar-refractivity contribution is 5.94. The molecule has 172 valence electrons. The summed E-state index contributed by atoms with van der Waals surface area (Å²) in [4.78, 5) is 39.3. The van der Waals surface area contributed by atoms with E-state index in [1.165, 1.54) is 6.08 Å². The zero-order valence-corrected chi connectivity index (χ0v) is 18.0. The summed E-state index contributed by atoms with van der Waals surface area (Å²) in [5.74, 6) is -0.808. The molecule has 1 fully saturated rings. The van der Waals surface area contributed by atoms with Crippen molar-refractivity contribution in [1.29, 1.82) is 5.41 Å². The summed E-state index contributed by atoms with van der Waals surface area (Å²) in [7, 11) is 0. The number of guanidine groups is 1. The molecule has 33 heavy (non-hydrogen) atoms. The second-order valence-corrected chi connectivity index (χ2v) is 7.48. The first-order chi connectivity index (χ1) is 15.8. The molecule has 3 rings (SSSR count). The first-order valence-electron chi connectivity index (χ1n) is 10.3. The van der Waals surface area contributed by atoms with Crippen LogP contribution in [-0.2, 0) is 9.59 Å². The van der Waals surface area contributed by atoms with Crippen molar-refractivity contribution >= 4 is 35.5 Å². The monoisotopic (exact) mass is 450 g/mol. The van der Waals surface area contributed by atoms with Crippen molar-refractivity contribution in [3.63, 3.8) is 0 Å². The third kappa shape index (κ3) is 7.18. The maximum absolute atomic E-state index is 12.4. The van der Waals surface area contributed by atoms with Gasteiger partial charge in [0.15, 0.2) is 5.96 Å². The summed E-state index contributed by atoms with van der Waals surface area (Å²) in [5, 5.41) is 9.83. The molecule has 0 aromatic heterocycles. The lowest BCUT2D eigenvalue weighted by molar-refractivity contribution is -0.128. The molecule has 1 saturated heterocycles. The van der Waals surface area contributed by atoms with Gasteiger partial charge in [-0.1, -0.05) is 12.1 Å². The largest absolute Gasteiger partial charge is 0.423 e. The van der Waals surface area contributed by atoms with Crippen molar-refractivity contribution in [2.75, 3.05) is 38.0 Å². The number of nitrogens with zero attached hydrogens (tertiary/aromatic N) is 2. The van der Waals surface area contributed by atoms with E-state index in [4.69, 9.17) is 21.6 Å². The average Bonchev–Trinajstić information content (AvgIpc) is 2.78. The molecule has 0 saturated carbocycles. The van der Waals surface area contributed by atoms with E-state index in [2.05, 4.69) is 5.32 Å². The molecule has 6 N–H and O–H groups in total. The van der Waals surface area contributed by atoms with Gasteiger partial charge < -0.3 is 26.4 Å². The number of esters is 1. The van der Waals surface area contributed by atoms with Crippen LogP contribution in [0.3, 0.4) is 0 Å². The molecule has 2 aromatic rings. The number of benzene rings is 2. The lowest BCUT2D eigenvalue weighted by atomic mass is 10.2. The van der Waals surface area contributed by atoms with E-state index in [0.717, 1.165) is 5.56 Å². The second kappa shape index (κ2) is 10.9. The van der Waals surface area contributed by atoms with Crippen LogP contribution in [0.25, 0.3) is 6.08 Å². The number of hydrogen-bond acceptors (Lipinski definition) is 6. The number of ether oxygens (including phenoxy) is 1. The van der Waals surface area contributed by atoms with Crippen LogP contribution in [0.4, 0.5) is 5.69 Å². The summed E-state index contributed by atoms with van der Waals surface area (Å²) < 4.78 is 5.37. The number of rotatable bonds is 7. The van der Waals surface area contributed by atoms with Crippen LogP contribution in [-0.4, -0.2) is 66.3 Å². The molecule has 1 aliphatic heterocycles. The molecule has 1 aliphatic rings. The summed E-state index contributed by atoms with van der Waals surface area (Å²) in [5.41, 5.74) is 12.2. The van der Waals surface area contributed by atoms with Gasteiger partial charge in [0, 0.05) is 37.9 Å². The number of anilines is 1. The number of primary amides is 1. The Bertz CT molecular complexity index is 1040. The number of piperazine rings is 1. The quantitative estimate of drug-likeness (QED) is 0.160. The molecule has 2 amide bonds. The summed E-state index contributed by atoms with van der Waals surface area (Å²) >= 11 is 0. The van der Waals surface area contributed by atoms with Gasteiger partial charge in [0.1, 0.15) is 5.75 Å². The van der Waals surface area contributed by atoms with Gasteiger partial charge in [0.05, 0.1) is 12.1 Å². The van der Waals surface area contributed by atoms with Crippen LogP contribution in [0.15, 0.2) is 54.6 Å². The Morgan fingerprint density at radius 2 is 1.61 bits per heavy atom. The fourth-order valence-corrected chi connectivity index (χ4v) is 3.28. The normalized spacial score (nSPS) is 14.1. The standard InChI is InChI=1S/C23H26N6O4/c24-20(30)15-28-11-13-29(14-12-28)21(31)10-3-16-1-8-19(9-2-16)33-22(32)17-4-6-18(7-5-17)27-23(25)26/h1-10H,11-15H2,(H2,24,30)(H4,25,26,27)/b10-3+. The Kier molecular flexibility index (Phi) is 7.77. The maximum Gasteiger partial charge on any atom is 0.343 e. The molecule has 0 radical (unpaired) electrons. The molecule has 10 nitrogen and oxygen atoms in total. The number of carbonyl (C=O) groups is 3. The third-order valence-electron chi connectivity index (χ3n) is 4.97. The Morgan fingerprint density at radius 1 is 0.970 bits per heavy atom. The van der Waals surface area contributed by atoms with Crippen LogP contribution >= 0.6 is 0 Å². The van der Waals surface area contributed by atoms with Crippen molar-refractivity contribution < 1.29 is 19.1 Å². The minimum Gasteiger partial charge on any atom is -0.423 e. The van der Waals surface area contributed by atoms with Crippen LogP contribution in [0.1, 0.15) is 15.9 Å². The minimum absolute atomic E-state index is 0.105. The summed E-state index contributed by atoms with van der Waals surface area (Å²) in [6.07, 6.45) is 3.20. The number of carbonyl (C=O) groups excluding carboxylic acids is 3. The van der Waals surface area contributed by atoms with E-state index >= 15 is 0 Å². The van der Waals surface area contributed by atoms with E-state index in [-0.39, 0.29) is 24.3 Å². The second-order valence-electron chi connectivity index (χ2n) is 7.48. The zero-order chi connectivity index (χ0) is 23.8. The van der Waals surface area contributed by atoms with Crippen molar-refractivity contribution in [3.05, 3.63) is 65.7 Å². The molecule has 0 atom stereocenters. The van der Waals surface area contributed by atoms with E-state index in [0.29, 0.717) is 43.2 Å². The van der Waals surface area contributed by atoms with Gasteiger partial charge in [-0.2, -0.15) is 0 Å². The van der Waals surface area contributed by atoms with E-state index < -0.39 is 5.97 Å². The van der Waals surface area contributed by atoms with Crippen LogP contribution < -0.4 is 21.5 Å². The van der Waals surface area contributed by atoms with Crippen molar-refractivity contribution in [3.8, 4) is 5.75 Å². The van der Waals surface area contributed by atoms with Gasteiger partial charge in [-0.05, 0) is 48.0 Å². The van der Waals surface area contributed by atoms with Crippen LogP contribution in [0, 0.1) is 5.41 Å². The Hall–Kier alpha value is -4.18. The molecular formula is C23H26N6O4. The van der Waals surface area contributed by atoms with E-state index in [9.17, 15) is 14.4 Å². The number of nitrogens with one attached hydrogen (secondary N) is 2. The van der Waals surface area contributed by atoms with Crippen molar-refractivity contribution in [1.82, 2.24) is 9.80 Å². The lowest BCUT2D eigenvalue weighted by Crippen LogP contribution is -2.50. The predicted molar refractivity (Wildman–Crippen MR) is 125 cm³/mol. The van der Waals surface area contributed by atoms with Gasteiger partial charge in [-0.25, -0.2) is 4.79 Å². The van der Waals surface area contributed by atoms with Crippen molar-refractivity contribution in [2.45, 2.75) is 0 Å². The minimum atomic E-state index is -0.515. The average molecular weight is 450 g/mol. The van der Waals surface area contributed by atoms with E-state index in [1.54, 1.807) is 59.5 Å². The summed E-state index contributed by atoms with van der Waals surface area (Å²) in [6, 6.07) is 13.2. The topological polar surface area (TPSA) is 155 Å². The third-order valence-corrected chi connectivity index (χ3v) is 4.97. The van der Waals surface area contributed by atoms with E-state index in [1.807, 2.05) is 4.90 Å². The van der Waals surface area contributed by atoms with Crippen LogP contribution in [0.2, 0.25) is 0 Å². The first kappa shape index (κ1) is 23.5. The maximum atomic E-state index is 12.4. The Labute approximate surface area is 191 Å². The molecule has 0 spiro atoms. The highest BCUT2D eigenvalue weighted by Gasteiger charge is 2.20. The molecule has 10 heteroatoms. The van der Waals surface area contributed by atoms with Gasteiger partial charge >= 0.3 is 5.97 Å². The zero-order valence-electron chi connectivity index (χ0n) is 18.0. The Morgan fingerprint density at radius 3 is 2.18 bits per heavy atom. The fraction of sp³-hybridized carbons (Fsp3) is 0.217. The SMILES string of the molecule is N=C(N)Nc1ccc(C(=O)Oc2ccc(/C=C/C(=O)N3CCN(CC(N)=O)CC3)cc2)cc1. The molecule has 0 unspecified atom stereocenters. The predicted octanol–water partition coefficient (Wildman–Crippen LogP) is 0.854. The van der Waals surface area contributed by atoms with Crippen molar-refractivity contribution in [2.24, 2.45) is 11.5 Å². The number of nitrogens with two attached hydrogens (primary N) is 2. The molecular weight excluding hydrogens is 424 g/mol. The van der Waals surface area contributed by atoms with Gasteiger partial charge in [0.25, 0.3) is 0 Å².